The summed E-state index contributed by atoms with van der Waals surface area (Å²) in [7, 11) is 1.25. The number of esters is 1. The van der Waals surface area contributed by atoms with Crippen LogP contribution >= 0.6 is 0 Å². The van der Waals surface area contributed by atoms with Crippen LogP contribution < -0.4 is 10.9 Å². The third-order valence-corrected chi connectivity index (χ3v) is 5.28. The minimum atomic E-state index is -0.583. The van der Waals surface area contributed by atoms with Crippen molar-refractivity contribution in [3.05, 3.63) is 102 Å². The number of rotatable bonds is 6. The van der Waals surface area contributed by atoms with Crippen molar-refractivity contribution in [2.24, 2.45) is 0 Å². The van der Waals surface area contributed by atoms with Crippen molar-refractivity contribution >= 4 is 23.4 Å². The van der Waals surface area contributed by atoms with Gasteiger partial charge >= 0.3 is 5.97 Å². The highest BCUT2D eigenvalue weighted by Gasteiger charge is 2.14. The van der Waals surface area contributed by atoms with Gasteiger partial charge in [-0.2, -0.15) is 0 Å². The van der Waals surface area contributed by atoms with Crippen molar-refractivity contribution in [2.75, 3.05) is 7.11 Å². The van der Waals surface area contributed by atoms with E-state index in [4.69, 9.17) is 4.42 Å². The van der Waals surface area contributed by atoms with E-state index >= 15 is 0 Å². The number of benzene rings is 3. The normalized spacial score (nSPS) is 10.4. The molecule has 2 amide bonds. The van der Waals surface area contributed by atoms with E-state index < -0.39 is 17.8 Å². The maximum Gasteiger partial charge on any atom is 0.337 e. The van der Waals surface area contributed by atoms with Gasteiger partial charge in [-0.1, -0.05) is 30.4 Å². The Balaban J connectivity index is 1.38. The molecule has 0 saturated carbocycles. The van der Waals surface area contributed by atoms with Crippen molar-refractivity contribution in [2.45, 2.75) is 6.92 Å². The molecule has 1 heterocycles. The molecule has 0 aliphatic carbocycles. The third kappa shape index (κ3) is 5.36. The monoisotopic (exact) mass is 482 g/mol. The molecule has 3 aromatic carbocycles. The van der Waals surface area contributed by atoms with E-state index in [-0.39, 0.29) is 11.1 Å². The summed E-state index contributed by atoms with van der Waals surface area (Å²) in [5, 5.41) is 8.19. The summed E-state index contributed by atoms with van der Waals surface area (Å²) in [6.07, 6.45) is 0. The highest BCUT2D eigenvalue weighted by molar-refractivity contribution is 6.00. The zero-order valence-corrected chi connectivity index (χ0v) is 19.6. The quantitative estimate of drug-likeness (QED) is 0.310. The molecule has 0 fully saturated rings. The predicted octanol–water partition coefficient (Wildman–Crippen LogP) is 4.30. The van der Waals surface area contributed by atoms with Crippen molar-refractivity contribution in [3.8, 4) is 22.9 Å². The van der Waals surface area contributed by atoms with Crippen LogP contribution in [-0.2, 0) is 4.74 Å². The molecule has 2 N–H and O–H groups in total. The maximum atomic E-state index is 12.5. The van der Waals surface area contributed by atoms with E-state index in [2.05, 4.69) is 32.4 Å². The second-order valence-corrected chi connectivity index (χ2v) is 7.83. The first-order valence-corrected chi connectivity index (χ1v) is 10.8. The first kappa shape index (κ1) is 24.1. The number of nitrogens with one attached hydrogen (secondary N) is 2. The lowest BCUT2D eigenvalue weighted by Gasteiger charge is -2.08. The number of hydrogen-bond donors (Lipinski definition) is 2. The van der Waals surface area contributed by atoms with E-state index in [0.29, 0.717) is 22.9 Å². The topological polar surface area (TPSA) is 123 Å². The second-order valence-electron chi connectivity index (χ2n) is 7.83. The van der Waals surface area contributed by atoms with Crippen molar-refractivity contribution in [1.29, 1.82) is 0 Å². The minimum Gasteiger partial charge on any atom is -0.465 e. The molecule has 0 aliphatic rings. The molecule has 36 heavy (non-hydrogen) atoms. The Bertz CT molecular complexity index is 1440. The summed E-state index contributed by atoms with van der Waals surface area (Å²) in [6, 6.07) is 20.1. The second kappa shape index (κ2) is 10.5. The smallest absolute Gasteiger partial charge is 0.337 e. The van der Waals surface area contributed by atoms with Gasteiger partial charge in [0.2, 0.25) is 11.8 Å². The predicted molar refractivity (Wildman–Crippen MR) is 133 cm³/mol. The van der Waals surface area contributed by atoms with E-state index in [9.17, 15) is 14.4 Å². The molecule has 9 heteroatoms. The van der Waals surface area contributed by atoms with Crippen LogP contribution in [0.4, 0.5) is 0 Å². The third-order valence-electron chi connectivity index (χ3n) is 5.28. The number of carbonyl (C=O) groups is 3. The molecular weight excluding hydrogens is 460 g/mol. The summed E-state index contributed by atoms with van der Waals surface area (Å²) in [5.74, 6) is -0.996. The van der Waals surface area contributed by atoms with Crippen LogP contribution in [0.3, 0.4) is 0 Å². The van der Waals surface area contributed by atoms with Gasteiger partial charge in [0.15, 0.2) is 0 Å². The van der Waals surface area contributed by atoms with Crippen LogP contribution in [-0.4, -0.2) is 35.1 Å². The Kier molecular flexibility index (Phi) is 7.01. The Morgan fingerprint density at radius 3 is 1.78 bits per heavy atom. The fourth-order valence-corrected chi connectivity index (χ4v) is 3.28. The molecule has 4 aromatic rings. The first-order chi connectivity index (χ1) is 17.4. The Morgan fingerprint density at radius 2 is 1.25 bits per heavy atom. The van der Waals surface area contributed by atoms with E-state index in [1.165, 1.54) is 25.3 Å². The molecule has 0 aliphatic heterocycles. The van der Waals surface area contributed by atoms with Gasteiger partial charge in [0, 0.05) is 22.3 Å². The SMILES string of the molecule is C=C(C)c1ccc(-c2nnc(-c3ccc(C(=O)NNC(=O)c4cccc(C(=O)OC)c4)cc3)o2)cc1. The van der Waals surface area contributed by atoms with Crippen LogP contribution in [0, 0.1) is 0 Å². The molecule has 0 radical (unpaired) electrons. The van der Waals surface area contributed by atoms with Crippen LogP contribution in [0.5, 0.6) is 0 Å². The molecule has 0 spiro atoms. The Hall–Kier alpha value is -5.05. The number of amides is 2. The van der Waals surface area contributed by atoms with Crippen molar-refractivity contribution in [3.63, 3.8) is 0 Å². The Morgan fingerprint density at radius 1 is 0.750 bits per heavy atom. The number of hydrogen-bond acceptors (Lipinski definition) is 7. The molecule has 0 saturated heterocycles. The number of carbonyl (C=O) groups excluding carboxylic acids is 3. The van der Waals surface area contributed by atoms with Crippen LogP contribution in [0.25, 0.3) is 28.5 Å². The van der Waals surface area contributed by atoms with Crippen LogP contribution in [0.1, 0.15) is 43.6 Å². The number of aromatic nitrogens is 2. The lowest BCUT2D eigenvalue weighted by atomic mass is 10.1. The van der Waals surface area contributed by atoms with E-state index in [0.717, 1.165) is 16.7 Å². The molecular formula is C27H22N4O5. The number of ether oxygens (including phenoxy) is 1. The minimum absolute atomic E-state index is 0.190. The average Bonchev–Trinajstić information content (AvgIpc) is 3.41. The summed E-state index contributed by atoms with van der Waals surface area (Å²) >= 11 is 0. The summed E-state index contributed by atoms with van der Waals surface area (Å²) in [4.78, 5) is 36.4. The van der Waals surface area contributed by atoms with Gasteiger partial charge in [-0.25, -0.2) is 4.79 Å². The first-order valence-electron chi connectivity index (χ1n) is 10.8. The standard InChI is InChI=1S/C27H22N4O5/c1-16(2)17-7-11-19(12-8-17)25-30-31-26(36-25)20-13-9-18(10-14-20)23(32)28-29-24(33)21-5-4-6-22(15-21)27(34)35-3/h4-15H,1H2,2-3H3,(H,28,32)(H,29,33). The Labute approximate surface area is 206 Å². The molecule has 180 valence electrons. The summed E-state index contributed by atoms with van der Waals surface area (Å²) < 4.78 is 10.4. The number of allylic oxidation sites excluding steroid dienone is 1. The summed E-state index contributed by atoms with van der Waals surface area (Å²) in [6.45, 7) is 5.85. The van der Waals surface area contributed by atoms with Gasteiger partial charge in [-0.05, 0) is 67.1 Å². The molecule has 0 bridgehead atoms. The van der Waals surface area contributed by atoms with Gasteiger partial charge in [-0.3, -0.25) is 20.4 Å². The van der Waals surface area contributed by atoms with Gasteiger partial charge in [-0.15, -0.1) is 10.2 Å². The number of nitrogens with zero attached hydrogens (tertiary/aromatic N) is 2. The zero-order chi connectivity index (χ0) is 25.7. The van der Waals surface area contributed by atoms with Gasteiger partial charge in [0.25, 0.3) is 11.8 Å². The van der Waals surface area contributed by atoms with Crippen molar-refractivity contribution < 1.29 is 23.5 Å². The number of methoxy groups -OCH3 is 1. The van der Waals surface area contributed by atoms with E-state index in [1.54, 1.807) is 30.3 Å². The highest BCUT2D eigenvalue weighted by Crippen LogP contribution is 2.25. The molecule has 9 nitrogen and oxygen atoms in total. The molecule has 4 rings (SSSR count). The fourth-order valence-electron chi connectivity index (χ4n) is 3.28. The highest BCUT2D eigenvalue weighted by atomic mass is 16.5. The van der Waals surface area contributed by atoms with Crippen LogP contribution in [0.2, 0.25) is 0 Å². The van der Waals surface area contributed by atoms with Gasteiger partial charge in [0.05, 0.1) is 12.7 Å². The van der Waals surface area contributed by atoms with E-state index in [1.807, 2.05) is 31.2 Å². The zero-order valence-electron chi connectivity index (χ0n) is 19.6. The van der Waals surface area contributed by atoms with Gasteiger partial charge < -0.3 is 9.15 Å². The van der Waals surface area contributed by atoms with Crippen molar-refractivity contribution in [1.82, 2.24) is 21.0 Å². The molecule has 0 atom stereocenters. The number of hydrazine groups is 1. The van der Waals surface area contributed by atoms with Gasteiger partial charge in [0.1, 0.15) is 0 Å². The molecule has 1 aromatic heterocycles. The van der Waals surface area contributed by atoms with Crippen LogP contribution in [0.15, 0.2) is 83.8 Å². The lowest BCUT2D eigenvalue weighted by Crippen LogP contribution is -2.41. The molecule has 0 unspecified atom stereocenters. The summed E-state index contributed by atoms with van der Waals surface area (Å²) in [5.41, 5.74) is 8.78. The average molecular weight is 482 g/mol. The largest absolute Gasteiger partial charge is 0.465 e. The fraction of sp³-hybridized carbons (Fsp3) is 0.0741. The lowest BCUT2D eigenvalue weighted by molar-refractivity contribution is 0.0600. The maximum absolute atomic E-state index is 12.5.